The van der Waals surface area contributed by atoms with Gasteiger partial charge < -0.3 is 14.8 Å². The molecule has 0 aromatic rings. The second-order valence-corrected chi connectivity index (χ2v) is 8.01. The Morgan fingerprint density at radius 1 is 1.25 bits per heavy atom. The van der Waals surface area contributed by atoms with E-state index in [4.69, 9.17) is 4.74 Å². The van der Waals surface area contributed by atoms with Gasteiger partial charge in [0.05, 0.1) is 30.6 Å². The van der Waals surface area contributed by atoms with E-state index in [2.05, 4.69) is 10.1 Å². The summed E-state index contributed by atoms with van der Waals surface area (Å²) >= 11 is 0. The average molecular weight is 307 g/mol. The van der Waals surface area contributed by atoms with Crippen molar-refractivity contribution in [2.45, 2.75) is 38.8 Å². The first-order valence-electron chi connectivity index (χ1n) is 6.32. The molecule has 1 amide bonds. The summed E-state index contributed by atoms with van der Waals surface area (Å²) in [5.41, 5.74) is -0.696. The number of ether oxygens (including phenoxy) is 2. The molecule has 2 atom stereocenters. The van der Waals surface area contributed by atoms with Gasteiger partial charge in [0.1, 0.15) is 5.60 Å². The van der Waals surface area contributed by atoms with Crippen molar-refractivity contribution in [1.29, 1.82) is 0 Å². The zero-order valence-electron chi connectivity index (χ0n) is 12.1. The van der Waals surface area contributed by atoms with Gasteiger partial charge in [-0.1, -0.05) is 0 Å². The van der Waals surface area contributed by atoms with Crippen molar-refractivity contribution in [1.82, 2.24) is 5.32 Å². The molecule has 1 N–H and O–H groups in total. The van der Waals surface area contributed by atoms with Crippen LogP contribution >= 0.6 is 0 Å². The fraction of sp³-hybridized carbons (Fsp3) is 0.833. The van der Waals surface area contributed by atoms with Gasteiger partial charge >= 0.3 is 12.1 Å². The number of esters is 1. The minimum absolute atomic E-state index is 0.0841. The standard InChI is InChI=1S/C12H21NO6S/c1-12(2,3)19-11(15)13-9-7-20(16,17)6-5-8(9)10(14)18-4/h8-9H,5-7H2,1-4H3,(H,13,15)/t8-,9+/m0/s1. The number of amides is 1. The molecule has 0 radical (unpaired) electrons. The fourth-order valence-electron chi connectivity index (χ4n) is 2.02. The van der Waals surface area contributed by atoms with Gasteiger partial charge in [0.15, 0.2) is 9.84 Å². The molecule has 0 aromatic heterocycles. The number of methoxy groups -OCH3 is 1. The van der Waals surface area contributed by atoms with Gasteiger partial charge in [-0.3, -0.25) is 4.79 Å². The zero-order chi connectivity index (χ0) is 15.6. The molecule has 0 spiro atoms. The summed E-state index contributed by atoms with van der Waals surface area (Å²) in [7, 11) is -2.04. The largest absolute Gasteiger partial charge is 0.469 e. The van der Waals surface area contributed by atoms with E-state index in [9.17, 15) is 18.0 Å². The van der Waals surface area contributed by atoms with Crippen molar-refractivity contribution >= 4 is 21.9 Å². The molecule has 20 heavy (non-hydrogen) atoms. The van der Waals surface area contributed by atoms with Crippen LogP contribution in [0, 0.1) is 5.92 Å². The van der Waals surface area contributed by atoms with E-state index in [0.717, 1.165) is 0 Å². The third-order valence-corrected chi connectivity index (χ3v) is 4.59. The highest BCUT2D eigenvalue weighted by Crippen LogP contribution is 2.21. The maximum absolute atomic E-state index is 11.7. The van der Waals surface area contributed by atoms with Crippen LogP contribution < -0.4 is 5.32 Å². The Morgan fingerprint density at radius 2 is 1.85 bits per heavy atom. The molecule has 116 valence electrons. The molecule has 0 bridgehead atoms. The maximum atomic E-state index is 11.7. The number of hydrogen-bond donors (Lipinski definition) is 1. The molecule has 1 fully saturated rings. The minimum Gasteiger partial charge on any atom is -0.469 e. The van der Waals surface area contributed by atoms with Crippen LogP contribution in [0.15, 0.2) is 0 Å². The second kappa shape index (κ2) is 5.99. The molecule has 8 heteroatoms. The molecule has 1 saturated heterocycles. The number of sulfone groups is 1. The molecule has 0 unspecified atom stereocenters. The van der Waals surface area contributed by atoms with Crippen LogP contribution in [-0.2, 0) is 24.1 Å². The van der Waals surface area contributed by atoms with E-state index >= 15 is 0 Å². The molecular weight excluding hydrogens is 286 g/mol. The van der Waals surface area contributed by atoms with Crippen molar-refractivity contribution in [3.8, 4) is 0 Å². The van der Waals surface area contributed by atoms with Gasteiger partial charge in [-0.2, -0.15) is 0 Å². The highest BCUT2D eigenvalue weighted by atomic mass is 32.2. The molecule has 0 aliphatic carbocycles. The van der Waals surface area contributed by atoms with Crippen molar-refractivity contribution in [3.05, 3.63) is 0 Å². The van der Waals surface area contributed by atoms with Crippen LogP contribution in [0.1, 0.15) is 27.2 Å². The molecule has 0 saturated carbocycles. The van der Waals surface area contributed by atoms with Gasteiger partial charge in [-0.15, -0.1) is 0 Å². The lowest BCUT2D eigenvalue weighted by Crippen LogP contribution is -2.52. The van der Waals surface area contributed by atoms with E-state index in [1.54, 1.807) is 20.8 Å². The summed E-state index contributed by atoms with van der Waals surface area (Å²) < 4.78 is 33.0. The maximum Gasteiger partial charge on any atom is 0.407 e. The minimum atomic E-state index is -3.27. The van der Waals surface area contributed by atoms with Crippen LogP contribution in [0.2, 0.25) is 0 Å². The summed E-state index contributed by atoms with van der Waals surface area (Å²) in [6, 6.07) is -0.823. The smallest absolute Gasteiger partial charge is 0.407 e. The topological polar surface area (TPSA) is 98.8 Å². The van der Waals surface area contributed by atoms with Gasteiger partial charge in [0.2, 0.25) is 0 Å². The highest BCUT2D eigenvalue weighted by molar-refractivity contribution is 7.91. The average Bonchev–Trinajstić information content (AvgIpc) is 2.24. The van der Waals surface area contributed by atoms with Gasteiger partial charge in [0, 0.05) is 0 Å². The number of rotatable bonds is 2. The lowest BCUT2D eigenvalue weighted by molar-refractivity contribution is -0.146. The third kappa shape index (κ3) is 4.99. The van der Waals surface area contributed by atoms with Crippen LogP contribution in [0.5, 0.6) is 0 Å². The summed E-state index contributed by atoms with van der Waals surface area (Å²) in [4.78, 5) is 23.4. The van der Waals surface area contributed by atoms with Gasteiger partial charge in [0.25, 0.3) is 0 Å². The predicted molar refractivity (Wildman–Crippen MR) is 71.9 cm³/mol. The first-order chi connectivity index (χ1) is 9.04. The van der Waals surface area contributed by atoms with Gasteiger partial charge in [-0.25, -0.2) is 13.2 Å². The normalized spacial score (nSPS) is 25.6. The predicted octanol–water partition coefficient (Wildman–Crippen LogP) is 0.487. The molecule has 1 aliphatic heterocycles. The Morgan fingerprint density at radius 3 is 2.35 bits per heavy atom. The van der Waals surface area contributed by atoms with E-state index in [-0.39, 0.29) is 17.9 Å². The van der Waals surface area contributed by atoms with Gasteiger partial charge in [-0.05, 0) is 27.2 Å². The summed E-state index contributed by atoms with van der Waals surface area (Å²) in [5.74, 6) is -1.57. The first-order valence-corrected chi connectivity index (χ1v) is 8.14. The Balaban J connectivity index is 2.79. The molecule has 1 heterocycles. The molecule has 7 nitrogen and oxygen atoms in total. The molecular formula is C12H21NO6S. The Kier molecular flexibility index (Phi) is 5.01. The Bertz CT molecular complexity index is 479. The summed E-state index contributed by atoms with van der Waals surface area (Å²) in [6.45, 7) is 5.09. The number of alkyl carbamates (subject to hydrolysis) is 1. The summed E-state index contributed by atoms with van der Waals surface area (Å²) in [6.07, 6.45) is -0.608. The SMILES string of the molecule is COC(=O)[C@H]1CCS(=O)(=O)C[C@H]1NC(=O)OC(C)(C)C. The number of hydrogen-bond acceptors (Lipinski definition) is 6. The summed E-state index contributed by atoms with van der Waals surface area (Å²) in [5, 5.41) is 2.46. The van der Waals surface area contributed by atoms with Crippen LogP contribution in [0.3, 0.4) is 0 Å². The molecule has 1 rings (SSSR count). The third-order valence-electron chi connectivity index (χ3n) is 2.87. The lowest BCUT2D eigenvalue weighted by Gasteiger charge is -2.30. The number of nitrogens with one attached hydrogen (secondary N) is 1. The van der Waals surface area contributed by atoms with Crippen molar-refractivity contribution in [2.75, 3.05) is 18.6 Å². The van der Waals surface area contributed by atoms with E-state index in [0.29, 0.717) is 0 Å². The van der Waals surface area contributed by atoms with Crippen LogP contribution in [-0.4, -0.2) is 50.7 Å². The zero-order valence-corrected chi connectivity index (χ0v) is 13.0. The Hall–Kier alpha value is -1.31. The highest BCUT2D eigenvalue weighted by Gasteiger charge is 2.39. The molecule has 0 aromatic carbocycles. The van der Waals surface area contributed by atoms with Crippen LogP contribution in [0.4, 0.5) is 4.79 Å². The van der Waals surface area contributed by atoms with E-state index in [1.807, 2.05) is 0 Å². The second-order valence-electron chi connectivity index (χ2n) is 5.79. The van der Waals surface area contributed by atoms with Crippen molar-refractivity contribution < 1.29 is 27.5 Å². The monoisotopic (exact) mass is 307 g/mol. The fourth-order valence-corrected chi connectivity index (χ4v) is 3.66. The lowest BCUT2D eigenvalue weighted by atomic mass is 9.98. The number of carbonyl (C=O) groups excluding carboxylic acids is 2. The Labute approximate surface area is 118 Å². The van der Waals surface area contributed by atoms with Crippen molar-refractivity contribution in [3.63, 3.8) is 0 Å². The quantitative estimate of drug-likeness (QED) is 0.745. The van der Waals surface area contributed by atoms with E-state index in [1.165, 1.54) is 7.11 Å². The number of carbonyl (C=O) groups is 2. The van der Waals surface area contributed by atoms with E-state index < -0.39 is 39.5 Å². The van der Waals surface area contributed by atoms with Crippen molar-refractivity contribution in [2.24, 2.45) is 5.92 Å². The first kappa shape index (κ1) is 16.7. The van der Waals surface area contributed by atoms with Crippen LogP contribution in [0.25, 0.3) is 0 Å². The molecule has 1 aliphatic rings.